The highest BCUT2D eigenvalue weighted by Gasteiger charge is 2.29. The highest BCUT2D eigenvalue weighted by atomic mass is 32.2. The van der Waals surface area contributed by atoms with Gasteiger partial charge in [-0.2, -0.15) is 4.31 Å². The van der Waals surface area contributed by atoms with Crippen molar-refractivity contribution < 1.29 is 22.7 Å². The summed E-state index contributed by atoms with van der Waals surface area (Å²) in [4.78, 5) is 23.4. The zero-order valence-electron chi connectivity index (χ0n) is 14.6. The fourth-order valence-corrected chi connectivity index (χ4v) is 3.65. The molecule has 0 saturated heterocycles. The van der Waals surface area contributed by atoms with Gasteiger partial charge in [0.15, 0.2) is 0 Å². The van der Waals surface area contributed by atoms with Gasteiger partial charge in [0, 0.05) is 24.2 Å². The van der Waals surface area contributed by atoms with Crippen LogP contribution in [-0.4, -0.2) is 50.0 Å². The summed E-state index contributed by atoms with van der Waals surface area (Å²) in [6, 6.07) is 6.25. The number of sulfonamides is 1. The van der Waals surface area contributed by atoms with Gasteiger partial charge < -0.3 is 10.1 Å². The number of anilines is 1. The van der Waals surface area contributed by atoms with Crippen LogP contribution >= 0.6 is 0 Å². The molecule has 1 rings (SSSR count). The zero-order chi connectivity index (χ0) is 18.5. The number of benzene rings is 1. The number of nitrogens with zero attached hydrogens (tertiary/aromatic N) is 1. The second-order valence-corrected chi connectivity index (χ2v) is 8.28. The number of ether oxygens (including phenoxy) is 1. The smallest absolute Gasteiger partial charge is 0.337 e. The average molecular weight is 356 g/mol. The summed E-state index contributed by atoms with van der Waals surface area (Å²) in [5, 5.41) is 2.67. The van der Waals surface area contributed by atoms with Crippen molar-refractivity contribution in [3.05, 3.63) is 29.8 Å². The lowest BCUT2D eigenvalue weighted by Crippen LogP contribution is -2.46. The van der Waals surface area contributed by atoms with E-state index in [9.17, 15) is 18.0 Å². The minimum atomic E-state index is -3.41. The van der Waals surface area contributed by atoms with E-state index in [1.807, 2.05) is 0 Å². The highest BCUT2D eigenvalue weighted by Crippen LogP contribution is 2.18. The number of amides is 1. The monoisotopic (exact) mass is 356 g/mol. The minimum Gasteiger partial charge on any atom is -0.465 e. The van der Waals surface area contributed by atoms with Crippen molar-refractivity contribution in [3.63, 3.8) is 0 Å². The molecule has 0 atom stereocenters. The fraction of sp³-hybridized carbons (Fsp3) is 0.500. The molecule has 0 spiro atoms. The maximum atomic E-state index is 12.0. The fourth-order valence-electron chi connectivity index (χ4n) is 2.23. The second kappa shape index (κ2) is 7.76. The number of carbonyl (C=O) groups is 2. The molecular weight excluding hydrogens is 332 g/mol. The maximum Gasteiger partial charge on any atom is 0.337 e. The van der Waals surface area contributed by atoms with Gasteiger partial charge in [0.25, 0.3) is 0 Å². The molecule has 0 radical (unpaired) electrons. The quantitative estimate of drug-likeness (QED) is 0.786. The van der Waals surface area contributed by atoms with E-state index in [0.29, 0.717) is 11.3 Å². The molecule has 0 aliphatic carbocycles. The Morgan fingerprint density at radius 3 is 2.12 bits per heavy atom. The molecule has 1 amide bonds. The third-order valence-electron chi connectivity index (χ3n) is 3.28. The van der Waals surface area contributed by atoms with Gasteiger partial charge in [-0.25, -0.2) is 13.2 Å². The van der Waals surface area contributed by atoms with Crippen molar-refractivity contribution in [2.24, 2.45) is 0 Å². The lowest BCUT2D eigenvalue weighted by Gasteiger charge is -2.33. The molecule has 1 aromatic carbocycles. The Balaban J connectivity index is 2.68. The predicted octanol–water partition coefficient (Wildman–Crippen LogP) is 1.86. The van der Waals surface area contributed by atoms with Gasteiger partial charge in [-0.05, 0) is 45.0 Å². The summed E-state index contributed by atoms with van der Waals surface area (Å²) in [7, 11) is -2.11. The lowest BCUT2D eigenvalue weighted by atomic mass is 10.1. The first-order chi connectivity index (χ1) is 10.9. The number of methoxy groups -OCH3 is 1. The van der Waals surface area contributed by atoms with Crippen molar-refractivity contribution in [3.8, 4) is 0 Å². The minimum absolute atomic E-state index is 0.0308. The third kappa shape index (κ3) is 5.93. The molecule has 134 valence electrons. The maximum absolute atomic E-state index is 12.0. The van der Waals surface area contributed by atoms with E-state index in [1.165, 1.54) is 11.4 Å². The summed E-state index contributed by atoms with van der Waals surface area (Å²) in [6.45, 7) is 5.42. The predicted molar refractivity (Wildman–Crippen MR) is 92.3 cm³/mol. The number of hydrogen-bond donors (Lipinski definition) is 1. The molecule has 0 saturated carbocycles. The van der Waals surface area contributed by atoms with Crippen molar-refractivity contribution >= 4 is 27.6 Å². The molecule has 0 fully saturated rings. The molecule has 0 unspecified atom stereocenters. The number of esters is 1. The molecule has 0 bridgehead atoms. The Labute approximate surface area is 143 Å². The average Bonchev–Trinajstić information content (AvgIpc) is 2.44. The van der Waals surface area contributed by atoms with Gasteiger partial charge in [0.2, 0.25) is 15.9 Å². The first-order valence-corrected chi connectivity index (χ1v) is 9.26. The molecular formula is C16H24N2O5S. The van der Waals surface area contributed by atoms with Crippen molar-refractivity contribution in [2.45, 2.75) is 32.7 Å². The molecule has 0 aromatic heterocycles. The first-order valence-electron chi connectivity index (χ1n) is 7.41. The Morgan fingerprint density at radius 2 is 1.71 bits per heavy atom. The number of hydrogen-bond acceptors (Lipinski definition) is 5. The number of nitrogens with one attached hydrogen (secondary N) is 1. The third-order valence-corrected chi connectivity index (χ3v) is 4.81. The number of carbonyl (C=O) groups excluding carboxylic acids is 2. The summed E-state index contributed by atoms with van der Waals surface area (Å²) < 4.78 is 29.5. The van der Waals surface area contributed by atoms with Crippen LogP contribution in [0.4, 0.5) is 5.69 Å². The van der Waals surface area contributed by atoms with Gasteiger partial charge in [0.05, 0.1) is 18.9 Å². The van der Waals surface area contributed by atoms with Crippen molar-refractivity contribution in [1.29, 1.82) is 0 Å². The molecule has 7 nitrogen and oxygen atoms in total. The largest absolute Gasteiger partial charge is 0.465 e. The summed E-state index contributed by atoms with van der Waals surface area (Å²) in [6.07, 6.45) is 1.16. The van der Waals surface area contributed by atoms with E-state index >= 15 is 0 Å². The van der Waals surface area contributed by atoms with Gasteiger partial charge >= 0.3 is 5.97 Å². The van der Waals surface area contributed by atoms with Crippen LogP contribution in [-0.2, 0) is 19.6 Å². The van der Waals surface area contributed by atoms with Crippen LogP contribution in [0, 0.1) is 0 Å². The molecule has 8 heteroatoms. The van der Waals surface area contributed by atoms with E-state index in [4.69, 9.17) is 0 Å². The highest BCUT2D eigenvalue weighted by molar-refractivity contribution is 7.88. The number of rotatable bonds is 6. The molecule has 1 N–H and O–H groups in total. The van der Waals surface area contributed by atoms with Gasteiger partial charge in [-0.15, -0.1) is 0 Å². The standard InChI is InChI=1S/C16H24N2O5S/c1-16(2,3)18(24(5,21)22)11-10-14(19)17-13-8-6-12(7-9-13)15(20)23-4/h6-9H,10-11H2,1-5H3,(H,17,19). The van der Waals surface area contributed by atoms with E-state index in [0.717, 1.165) is 6.26 Å². The second-order valence-electron chi connectivity index (χ2n) is 6.37. The topological polar surface area (TPSA) is 92.8 Å². The Morgan fingerprint density at radius 1 is 1.17 bits per heavy atom. The van der Waals surface area contributed by atoms with Crippen LogP contribution in [0.3, 0.4) is 0 Å². The van der Waals surface area contributed by atoms with E-state index in [-0.39, 0.29) is 18.9 Å². The molecule has 0 aliphatic heterocycles. The Hall–Kier alpha value is -1.93. The SMILES string of the molecule is COC(=O)c1ccc(NC(=O)CCN(C(C)(C)C)S(C)(=O)=O)cc1. The van der Waals surface area contributed by atoms with Gasteiger partial charge in [-0.3, -0.25) is 4.79 Å². The molecule has 0 heterocycles. The van der Waals surface area contributed by atoms with E-state index < -0.39 is 21.5 Å². The van der Waals surface area contributed by atoms with Crippen LogP contribution in [0.25, 0.3) is 0 Å². The van der Waals surface area contributed by atoms with Crippen LogP contribution < -0.4 is 5.32 Å². The van der Waals surface area contributed by atoms with Gasteiger partial charge in [0.1, 0.15) is 0 Å². The molecule has 0 aliphatic rings. The van der Waals surface area contributed by atoms with Crippen LogP contribution in [0.2, 0.25) is 0 Å². The van der Waals surface area contributed by atoms with Gasteiger partial charge in [-0.1, -0.05) is 0 Å². The Kier molecular flexibility index (Phi) is 6.50. The van der Waals surface area contributed by atoms with E-state index in [2.05, 4.69) is 10.1 Å². The van der Waals surface area contributed by atoms with Crippen LogP contribution in [0.15, 0.2) is 24.3 Å². The van der Waals surface area contributed by atoms with Crippen molar-refractivity contribution in [2.75, 3.05) is 25.2 Å². The molecule has 1 aromatic rings. The Bertz CT molecular complexity index is 690. The van der Waals surface area contributed by atoms with E-state index in [1.54, 1.807) is 45.0 Å². The van der Waals surface area contributed by atoms with Crippen LogP contribution in [0.5, 0.6) is 0 Å². The van der Waals surface area contributed by atoms with Crippen LogP contribution in [0.1, 0.15) is 37.6 Å². The lowest BCUT2D eigenvalue weighted by molar-refractivity contribution is -0.116. The zero-order valence-corrected chi connectivity index (χ0v) is 15.4. The first kappa shape index (κ1) is 20.1. The summed E-state index contributed by atoms with van der Waals surface area (Å²) >= 11 is 0. The summed E-state index contributed by atoms with van der Waals surface area (Å²) in [5.74, 6) is -0.763. The normalized spacial score (nSPS) is 12.1. The molecule has 24 heavy (non-hydrogen) atoms. The summed E-state index contributed by atoms with van der Waals surface area (Å²) in [5.41, 5.74) is 0.302. The van der Waals surface area contributed by atoms with Crippen molar-refractivity contribution in [1.82, 2.24) is 4.31 Å².